The molecule has 4 nitrogen and oxygen atoms in total. The van der Waals surface area contributed by atoms with E-state index in [1.54, 1.807) is 18.2 Å². The first-order valence-corrected chi connectivity index (χ1v) is 5.92. The number of carbonyl (C=O) groups is 2. The highest BCUT2D eigenvalue weighted by atomic mass is 16.4. The molecule has 1 heterocycles. The lowest BCUT2D eigenvalue weighted by Crippen LogP contribution is -2.38. The van der Waals surface area contributed by atoms with Crippen LogP contribution in [-0.4, -0.2) is 17.0 Å². The number of rotatable bonds is 0. The van der Waals surface area contributed by atoms with Gasteiger partial charge in [-0.2, -0.15) is 0 Å². The lowest BCUT2D eigenvalue weighted by Gasteiger charge is -2.31. The maximum atomic E-state index is 11.9. The Labute approximate surface area is 110 Å². The standard InChI is InChI=1S/C15H11NO3/c17-14(15(18)19)16-12-7-3-1-5-10(12)9-11-6-2-4-8-13(11)16/h1-5,7-9H,6H2,(H,18,19). The summed E-state index contributed by atoms with van der Waals surface area (Å²) >= 11 is 0. The van der Waals surface area contributed by atoms with Crippen LogP contribution in [0.2, 0.25) is 0 Å². The molecule has 0 atom stereocenters. The van der Waals surface area contributed by atoms with Gasteiger partial charge in [0, 0.05) is 0 Å². The first kappa shape index (κ1) is 11.5. The van der Waals surface area contributed by atoms with Crippen LogP contribution in [0.3, 0.4) is 0 Å². The molecule has 0 spiro atoms. The highest BCUT2D eigenvalue weighted by Crippen LogP contribution is 2.37. The quantitative estimate of drug-likeness (QED) is 0.722. The lowest BCUT2D eigenvalue weighted by molar-refractivity contribution is -0.148. The molecule has 94 valence electrons. The van der Waals surface area contributed by atoms with Crippen molar-refractivity contribution >= 4 is 23.6 Å². The van der Waals surface area contributed by atoms with Crippen molar-refractivity contribution in [2.24, 2.45) is 0 Å². The van der Waals surface area contributed by atoms with E-state index >= 15 is 0 Å². The number of hydrogen-bond donors (Lipinski definition) is 1. The van der Waals surface area contributed by atoms with Crippen molar-refractivity contribution in [3.63, 3.8) is 0 Å². The topological polar surface area (TPSA) is 57.6 Å². The first-order valence-electron chi connectivity index (χ1n) is 5.92. The molecule has 2 aliphatic rings. The van der Waals surface area contributed by atoms with Gasteiger partial charge in [0.15, 0.2) is 0 Å². The van der Waals surface area contributed by atoms with Crippen LogP contribution in [0.1, 0.15) is 12.0 Å². The molecular weight excluding hydrogens is 242 g/mol. The number of nitrogens with zero attached hydrogens (tertiary/aromatic N) is 1. The van der Waals surface area contributed by atoms with Gasteiger partial charge in [-0.05, 0) is 35.8 Å². The van der Waals surface area contributed by atoms with E-state index in [1.807, 2.05) is 30.4 Å². The van der Waals surface area contributed by atoms with Crippen LogP contribution in [0, 0.1) is 0 Å². The average Bonchev–Trinajstić information content (AvgIpc) is 2.43. The summed E-state index contributed by atoms with van der Waals surface area (Å²) in [5.41, 5.74) is 3.07. The van der Waals surface area contributed by atoms with Crippen molar-refractivity contribution in [1.29, 1.82) is 0 Å². The molecule has 1 aliphatic carbocycles. The Morgan fingerprint density at radius 2 is 2.00 bits per heavy atom. The molecule has 19 heavy (non-hydrogen) atoms. The van der Waals surface area contributed by atoms with E-state index < -0.39 is 11.9 Å². The van der Waals surface area contributed by atoms with Crippen LogP contribution < -0.4 is 4.90 Å². The monoisotopic (exact) mass is 253 g/mol. The van der Waals surface area contributed by atoms with Gasteiger partial charge in [0.2, 0.25) is 0 Å². The summed E-state index contributed by atoms with van der Waals surface area (Å²) in [4.78, 5) is 24.3. The average molecular weight is 253 g/mol. The highest BCUT2D eigenvalue weighted by molar-refractivity contribution is 6.38. The molecule has 0 saturated carbocycles. The van der Waals surface area contributed by atoms with Crippen LogP contribution in [0.15, 0.2) is 53.8 Å². The lowest BCUT2D eigenvalue weighted by atomic mass is 9.94. The maximum Gasteiger partial charge on any atom is 0.395 e. The van der Waals surface area contributed by atoms with Gasteiger partial charge >= 0.3 is 11.9 Å². The van der Waals surface area contributed by atoms with Crippen LogP contribution in [0.5, 0.6) is 0 Å². The molecule has 1 N–H and O–H groups in total. The highest BCUT2D eigenvalue weighted by Gasteiger charge is 2.31. The Morgan fingerprint density at radius 3 is 2.79 bits per heavy atom. The van der Waals surface area contributed by atoms with Gasteiger partial charge in [0.1, 0.15) is 0 Å². The van der Waals surface area contributed by atoms with E-state index in [4.69, 9.17) is 5.11 Å². The van der Waals surface area contributed by atoms with Crippen molar-refractivity contribution in [3.05, 3.63) is 59.3 Å². The first-order chi connectivity index (χ1) is 9.18. The molecule has 4 heteroatoms. The number of hydrogen-bond acceptors (Lipinski definition) is 2. The molecule has 1 aromatic carbocycles. The molecule has 1 amide bonds. The summed E-state index contributed by atoms with van der Waals surface area (Å²) in [6.45, 7) is 0. The van der Waals surface area contributed by atoms with Crippen LogP contribution >= 0.6 is 0 Å². The number of aliphatic carboxylic acids is 1. The minimum atomic E-state index is -1.45. The molecule has 0 aromatic heterocycles. The number of carbonyl (C=O) groups excluding carboxylic acids is 1. The molecule has 0 bridgehead atoms. The Morgan fingerprint density at radius 1 is 1.21 bits per heavy atom. The van der Waals surface area contributed by atoms with Gasteiger partial charge < -0.3 is 5.11 Å². The Kier molecular flexibility index (Phi) is 2.56. The summed E-state index contributed by atoms with van der Waals surface area (Å²) in [6.07, 6.45) is 8.28. The van der Waals surface area contributed by atoms with E-state index in [0.717, 1.165) is 11.1 Å². The number of allylic oxidation sites excluding steroid dienone is 4. The number of amides is 1. The Balaban J connectivity index is 2.21. The van der Waals surface area contributed by atoms with E-state index in [2.05, 4.69) is 0 Å². The number of carboxylic acid groups (broad SMARTS) is 1. The third-order valence-corrected chi connectivity index (χ3v) is 3.19. The van der Waals surface area contributed by atoms with E-state index in [1.165, 1.54) is 4.90 Å². The van der Waals surface area contributed by atoms with Crippen LogP contribution in [0.25, 0.3) is 6.08 Å². The van der Waals surface area contributed by atoms with Crippen molar-refractivity contribution in [3.8, 4) is 0 Å². The fourth-order valence-corrected chi connectivity index (χ4v) is 2.36. The Bertz CT molecular complexity index is 668. The molecule has 1 aromatic rings. The minimum absolute atomic E-state index is 0.611. The van der Waals surface area contributed by atoms with Gasteiger partial charge in [-0.15, -0.1) is 0 Å². The molecular formula is C15H11NO3. The van der Waals surface area contributed by atoms with Crippen molar-refractivity contribution in [2.75, 3.05) is 4.90 Å². The molecule has 3 rings (SSSR count). The number of benzene rings is 1. The van der Waals surface area contributed by atoms with Gasteiger partial charge in [0.05, 0.1) is 11.4 Å². The van der Waals surface area contributed by atoms with E-state index in [-0.39, 0.29) is 0 Å². The van der Waals surface area contributed by atoms with Crippen LogP contribution in [0.4, 0.5) is 5.69 Å². The summed E-state index contributed by atoms with van der Waals surface area (Å²) in [5, 5.41) is 8.99. The predicted octanol–water partition coefficient (Wildman–Crippen LogP) is 2.35. The third kappa shape index (κ3) is 1.78. The van der Waals surface area contributed by atoms with Gasteiger partial charge in [-0.3, -0.25) is 9.69 Å². The zero-order chi connectivity index (χ0) is 13.4. The summed E-state index contributed by atoms with van der Waals surface area (Å²) in [6, 6.07) is 7.29. The van der Waals surface area contributed by atoms with Crippen molar-refractivity contribution < 1.29 is 14.7 Å². The normalized spacial score (nSPS) is 16.1. The largest absolute Gasteiger partial charge is 0.474 e. The van der Waals surface area contributed by atoms with E-state index in [0.29, 0.717) is 17.8 Å². The van der Waals surface area contributed by atoms with Gasteiger partial charge in [-0.1, -0.05) is 30.4 Å². The second-order valence-corrected chi connectivity index (χ2v) is 4.36. The summed E-state index contributed by atoms with van der Waals surface area (Å²) < 4.78 is 0. The SMILES string of the molecule is O=C(O)C(=O)N1C2=CC=CCC2=Cc2ccccc21. The maximum absolute atomic E-state index is 11.9. The predicted molar refractivity (Wildman–Crippen MR) is 71.4 cm³/mol. The van der Waals surface area contributed by atoms with Crippen molar-refractivity contribution in [1.82, 2.24) is 0 Å². The zero-order valence-electron chi connectivity index (χ0n) is 10.0. The number of carboxylic acids is 1. The summed E-state index contributed by atoms with van der Waals surface area (Å²) in [5.74, 6) is -2.38. The molecule has 0 radical (unpaired) electrons. The van der Waals surface area contributed by atoms with Crippen LogP contribution in [-0.2, 0) is 9.59 Å². The fourth-order valence-electron chi connectivity index (χ4n) is 2.36. The molecule has 0 unspecified atom stereocenters. The fraction of sp³-hybridized carbons (Fsp3) is 0.0667. The van der Waals surface area contributed by atoms with E-state index in [9.17, 15) is 9.59 Å². The third-order valence-electron chi connectivity index (χ3n) is 3.19. The second-order valence-electron chi connectivity index (χ2n) is 4.36. The molecule has 1 aliphatic heterocycles. The molecule has 0 saturated heterocycles. The van der Waals surface area contributed by atoms with Gasteiger partial charge in [0.25, 0.3) is 0 Å². The number of anilines is 1. The van der Waals surface area contributed by atoms with Crippen molar-refractivity contribution in [2.45, 2.75) is 6.42 Å². The second kappa shape index (κ2) is 4.24. The smallest absolute Gasteiger partial charge is 0.395 e. The van der Waals surface area contributed by atoms with Gasteiger partial charge in [-0.25, -0.2) is 4.79 Å². The number of para-hydroxylation sites is 1. The number of fused-ring (bicyclic) bond motifs is 2. The summed E-state index contributed by atoms with van der Waals surface area (Å²) in [7, 11) is 0. The Hall–Kier alpha value is -2.62. The molecule has 0 fully saturated rings. The minimum Gasteiger partial charge on any atom is -0.474 e. The zero-order valence-corrected chi connectivity index (χ0v) is 10.0.